The first-order valence-electron chi connectivity index (χ1n) is 5.11. The third kappa shape index (κ3) is 3.00. The number of nitrogens with one attached hydrogen (secondary N) is 1. The summed E-state index contributed by atoms with van der Waals surface area (Å²) in [5.74, 6) is 0. The van der Waals surface area contributed by atoms with Crippen LogP contribution in [-0.2, 0) is 23.6 Å². The van der Waals surface area contributed by atoms with Crippen molar-refractivity contribution in [1.29, 1.82) is 0 Å². The van der Waals surface area contributed by atoms with Crippen molar-refractivity contribution in [3.05, 3.63) is 33.4 Å². The van der Waals surface area contributed by atoms with Gasteiger partial charge in [-0.15, -0.1) is 11.3 Å². The first-order chi connectivity index (χ1) is 8.38. The molecule has 0 unspecified atom stereocenters. The van der Waals surface area contributed by atoms with Gasteiger partial charge in [0.2, 0.25) is 10.0 Å². The van der Waals surface area contributed by atoms with Crippen molar-refractivity contribution in [2.45, 2.75) is 17.7 Å². The van der Waals surface area contributed by atoms with Crippen LogP contribution >= 0.6 is 27.3 Å². The Morgan fingerprint density at radius 2 is 2.28 bits per heavy atom. The Bertz CT molecular complexity index is 641. The molecule has 0 aliphatic rings. The molecule has 0 radical (unpaired) electrons. The molecule has 18 heavy (non-hydrogen) atoms. The fraction of sp³-hybridized carbons (Fsp3) is 0.300. The first kappa shape index (κ1) is 13.7. The zero-order chi connectivity index (χ0) is 13.3. The highest BCUT2D eigenvalue weighted by Crippen LogP contribution is 2.30. The van der Waals surface area contributed by atoms with Gasteiger partial charge < -0.3 is 0 Å². The van der Waals surface area contributed by atoms with Crippen LogP contribution in [0.5, 0.6) is 0 Å². The molecule has 5 nitrogen and oxygen atoms in total. The van der Waals surface area contributed by atoms with Crippen LogP contribution in [0.1, 0.15) is 11.1 Å². The van der Waals surface area contributed by atoms with Gasteiger partial charge >= 0.3 is 0 Å². The van der Waals surface area contributed by atoms with E-state index < -0.39 is 10.0 Å². The van der Waals surface area contributed by atoms with Crippen LogP contribution in [0.15, 0.2) is 26.5 Å². The predicted octanol–water partition coefficient (Wildman–Crippen LogP) is 2.03. The summed E-state index contributed by atoms with van der Waals surface area (Å²) < 4.78 is 29.4. The number of rotatable bonds is 4. The largest absolute Gasteiger partial charge is 0.275 e. The summed E-state index contributed by atoms with van der Waals surface area (Å²) in [5.41, 5.74) is 1.75. The second-order valence-corrected chi connectivity index (χ2v) is 8.23. The zero-order valence-corrected chi connectivity index (χ0v) is 13.1. The van der Waals surface area contributed by atoms with Gasteiger partial charge in [-0.3, -0.25) is 4.68 Å². The van der Waals surface area contributed by atoms with Crippen LogP contribution in [0.4, 0.5) is 0 Å². The molecule has 0 aliphatic heterocycles. The van der Waals surface area contributed by atoms with Crippen LogP contribution in [0.2, 0.25) is 0 Å². The van der Waals surface area contributed by atoms with E-state index in [2.05, 4.69) is 25.8 Å². The van der Waals surface area contributed by atoms with Crippen molar-refractivity contribution < 1.29 is 8.42 Å². The average molecular weight is 350 g/mol. The van der Waals surface area contributed by atoms with E-state index in [4.69, 9.17) is 0 Å². The van der Waals surface area contributed by atoms with E-state index in [-0.39, 0.29) is 6.54 Å². The normalized spacial score (nSPS) is 11.9. The number of halogens is 1. The van der Waals surface area contributed by atoms with Crippen molar-refractivity contribution in [2.24, 2.45) is 7.05 Å². The highest BCUT2D eigenvalue weighted by atomic mass is 79.9. The lowest BCUT2D eigenvalue weighted by molar-refractivity contribution is 0.583. The molecule has 1 N–H and O–H groups in total. The van der Waals surface area contributed by atoms with Crippen molar-refractivity contribution in [3.8, 4) is 0 Å². The molecule has 8 heteroatoms. The maximum atomic E-state index is 12.0. The van der Waals surface area contributed by atoms with Crippen molar-refractivity contribution >= 4 is 37.3 Å². The smallest absolute Gasteiger partial charge is 0.250 e. The summed E-state index contributed by atoms with van der Waals surface area (Å²) in [6, 6.07) is 1.65. The molecule has 0 bridgehead atoms. The molecule has 2 rings (SSSR count). The lowest BCUT2D eigenvalue weighted by atomic mass is 10.4. The molecule has 0 saturated carbocycles. The zero-order valence-electron chi connectivity index (χ0n) is 9.84. The molecule has 0 aliphatic carbocycles. The number of aryl methyl sites for hydroxylation is 2. The number of sulfonamides is 1. The molecule has 2 heterocycles. The van der Waals surface area contributed by atoms with Gasteiger partial charge in [-0.25, -0.2) is 13.1 Å². The van der Waals surface area contributed by atoms with Crippen LogP contribution in [0.25, 0.3) is 0 Å². The Morgan fingerprint density at radius 1 is 1.56 bits per heavy atom. The minimum atomic E-state index is -3.45. The Balaban J connectivity index is 2.12. The number of aromatic nitrogens is 2. The highest BCUT2D eigenvalue weighted by Gasteiger charge is 2.18. The van der Waals surface area contributed by atoms with Crippen molar-refractivity contribution in [2.75, 3.05) is 0 Å². The third-order valence-electron chi connectivity index (χ3n) is 2.32. The number of hydrogen-bond acceptors (Lipinski definition) is 4. The SMILES string of the molecule is Cc1cc(S(=O)(=O)NCc2cnn(C)c2)sc1Br. The van der Waals surface area contributed by atoms with E-state index in [9.17, 15) is 8.42 Å². The maximum absolute atomic E-state index is 12.0. The Hall–Kier alpha value is -0.700. The maximum Gasteiger partial charge on any atom is 0.250 e. The van der Waals surface area contributed by atoms with E-state index in [1.165, 1.54) is 11.3 Å². The number of thiophene rings is 1. The second kappa shape index (κ2) is 5.12. The molecule has 2 aromatic heterocycles. The third-order valence-corrected chi connectivity index (χ3v) is 6.34. The molecule has 0 aromatic carbocycles. The molecule has 2 aromatic rings. The van der Waals surface area contributed by atoms with E-state index in [0.29, 0.717) is 4.21 Å². The monoisotopic (exact) mass is 349 g/mol. The van der Waals surface area contributed by atoms with Crippen LogP contribution in [0.3, 0.4) is 0 Å². The summed E-state index contributed by atoms with van der Waals surface area (Å²) in [6.45, 7) is 2.10. The Morgan fingerprint density at radius 3 is 2.78 bits per heavy atom. The summed E-state index contributed by atoms with van der Waals surface area (Å²) in [6.07, 6.45) is 3.41. The molecular formula is C10H12BrN3O2S2. The van der Waals surface area contributed by atoms with E-state index in [1.54, 1.807) is 30.2 Å². The standard InChI is InChI=1S/C10H12BrN3O2S2/c1-7-3-9(17-10(7)11)18(15,16)13-5-8-4-12-14(2)6-8/h3-4,6,13H,5H2,1-2H3. The summed E-state index contributed by atoms with van der Waals surface area (Å²) >= 11 is 4.53. The quantitative estimate of drug-likeness (QED) is 0.918. The van der Waals surface area contributed by atoms with Gasteiger partial charge in [0.1, 0.15) is 4.21 Å². The Kier molecular flexibility index (Phi) is 3.90. The molecular weight excluding hydrogens is 338 g/mol. The lowest BCUT2D eigenvalue weighted by Gasteiger charge is -2.02. The number of hydrogen-bond donors (Lipinski definition) is 1. The number of nitrogens with zero attached hydrogens (tertiary/aromatic N) is 2. The first-order valence-corrected chi connectivity index (χ1v) is 8.21. The van der Waals surface area contributed by atoms with Gasteiger partial charge in [0.15, 0.2) is 0 Å². The molecule has 0 amide bonds. The minimum absolute atomic E-state index is 0.241. The minimum Gasteiger partial charge on any atom is -0.275 e. The molecule has 0 saturated heterocycles. The molecule has 98 valence electrons. The topological polar surface area (TPSA) is 64.0 Å². The summed E-state index contributed by atoms with van der Waals surface area (Å²) in [5, 5.41) is 3.99. The predicted molar refractivity (Wildman–Crippen MR) is 74.0 cm³/mol. The van der Waals surface area contributed by atoms with E-state index >= 15 is 0 Å². The second-order valence-electron chi connectivity index (χ2n) is 3.87. The van der Waals surface area contributed by atoms with E-state index in [1.807, 2.05) is 6.92 Å². The van der Waals surface area contributed by atoms with Gasteiger partial charge in [-0.1, -0.05) is 0 Å². The summed E-state index contributed by atoms with van der Waals surface area (Å²) in [4.78, 5) is 0. The van der Waals surface area contributed by atoms with Gasteiger partial charge in [-0.05, 0) is 34.5 Å². The fourth-order valence-corrected chi connectivity index (χ4v) is 4.66. The fourth-order valence-electron chi connectivity index (χ4n) is 1.38. The van der Waals surface area contributed by atoms with Gasteiger partial charge in [0, 0.05) is 25.4 Å². The van der Waals surface area contributed by atoms with Gasteiger partial charge in [0.05, 0.1) is 9.98 Å². The van der Waals surface area contributed by atoms with Gasteiger partial charge in [0.25, 0.3) is 0 Å². The highest BCUT2D eigenvalue weighted by molar-refractivity contribution is 9.11. The lowest BCUT2D eigenvalue weighted by Crippen LogP contribution is -2.22. The van der Waals surface area contributed by atoms with Crippen LogP contribution in [0, 0.1) is 6.92 Å². The average Bonchev–Trinajstić information content (AvgIpc) is 2.84. The van der Waals surface area contributed by atoms with Crippen LogP contribution in [-0.4, -0.2) is 18.2 Å². The molecule has 0 atom stereocenters. The summed E-state index contributed by atoms with van der Waals surface area (Å²) in [7, 11) is -1.66. The molecule has 0 spiro atoms. The van der Waals surface area contributed by atoms with E-state index in [0.717, 1.165) is 14.9 Å². The van der Waals surface area contributed by atoms with Crippen LogP contribution < -0.4 is 4.72 Å². The van der Waals surface area contributed by atoms with Crippen molar-refractivity contribution in [3.63, 3.8) is 0 Å². The van der Waals surface area contributed by atoms with Gasteiger partial charge in [-0.2, -0.15) is 5.10 Å². The Labute approximate surface area is 118 Å². The van der Waals surface area contributed by atoms with Crippen molar-refractivity contribution in [1.82, 2.24) is 14.5 Å². The molecule has 0 fully saturated rings.